The number of oxime groups is 1. The second kappa shape index (κ2) is 7.47. The zero-order chi connectivity index (χ0) is 15.9. The van der Waals surface area contributed by atoms with Crippen molar-refractivity contribution < 1.29 is 19.5 Å². The van der Waals surface area contributed by atoms with Crippen molar-refractivity contribution in [2.45, 2.75) is 6.92 Å². The predicted molar refractivity (Wildman–Crippen MR) is 83.4 cm³/mol. The lowest BCUT2D eigenvalue weighted by Crippen LogP contribution is -2.09. The van der Waals surface area contributed by atoms with Crippen LogP contribution in [0.25, 0.3) is 0 Å². The Morgan fingerprint density at radius 3 is 2.77 bits per heavy atom. The van der Waals surface area contributed by atoms with Crippen LogP contribution in [0.2, 0.25) is 5.02 Å². The number of carbonyl (C=O) groups excluding carboxylic acids is 1. The second-order valence-corrected chi connectivity index (χ2v) is 4.72. The highest BCUT2D eigenvalue weighted by atomic mass is 35.5. The number of ether oxygens (including phenoxy) is 2. The summed E-state index contributed by atoms with van der Waals surface area (Å²) in [5.41, 5.74) is 0.962. The molecule has 0 aliphatic rings. The summed E-state index contributed by atoms with van der Waals surface area (Å²) in [5, 5.41) is 12.0. The van der Waals surface area contributed by atoms with Gasteiger partial charge in [0.05, 0.1) is 18.4 Å². The highest BCUT2D eigenvalue weighted by Gasteiger charge is 2.13. The van der Waals surface area contributed by atoms with Gasteiger partial charge in [0.15, 0.2) is 11.5 Å². The molecule has 0 fully saturated rings. The highest BCUT2D eigenvalue weighted by molar-refractivity contribution is 6.30. The summed E-state index contributed by atoms with van der Waals surface area (Å²) in [5.74, 6) is 0.129. The Hall–Kier alpha value is -2.53. The summed E-state index contributed by atoms with van der Waals surface area (Å²) < 4.78 is 10.8. The van der Waals surface area contributed by atoms with E-state index in [1.165, 1.54) is 12.3 Å². The molecule has 2 aromatic carbocycles. The monoisotopic (exact) mass is 319 g/mol. The molecule has 0 unspecified atom stereocenters. The maximum Gasteiger partial charge on any atom is 0.343 e. The first-order chi connectivity index (χ1) is 10.6. The van der Waals surface area contributed by atoms with Gasteiger partial charge in [-0.25, -0.2) is 4.79 Å². The Morgan fingerprint density at radius 1 is 1.27 bits per heavy atom. The van der Waals surface area contributed by atoms with E-state index in [2.05, 4.69) is 5.16 Å². The molecule has 2 rings (SSSR count). The van der Waals surface area contributed by atoms with Crippen molar-refractivity contribution >= 4 is 23.8 Å². The van der Waals surface area contributed by atoms with Crippen LogP contribution in [0.5, 0.6) is 11.5 Å². The molecular weight excluding hydrogens is 306 g/mol. The smallest absolute Gasteiger partial charge is 0.343 e. The van der Waals surface area contributed by atoms with Crippen LogP contribution in [0, 0.1) is 0 Å². The van der Waals surface area contributed by atoms with Gasteiger partial charge in [-0.05, 0) is 43.3 Å². The van der Waals surface area contributed by atoms with Gasteiger partial charge < -0.3 is 14.7 Å². The molecular formula is C16H14ClNO4. The van der Waals surface area contributed by atoms with Gasteiger partial charge in [0.1, 0.15) is 0 Å². The fraction of sp³-hybridized carbons (Fsp3) is 0.125. The van der Waals surface area contributed by atoms with Gasteiger partial charge in [-0.1, -0.05) is 22.8 Å². The van der Waals surface area contributed by atoms with Crippen molar-refractivity contribution in [3.63, 3.8) is 0 Å². The molecule has 0 radical (unpaired) electrons. The molecule has 0 amide bonds. The quantitative estimate of drug-likeness (QED) is 0.299. The standard InChI is InChI=1S/C16H14ClNO4/c1-2-21-15-8-11(10-18-20)6-7-14(15)22-16(19)12-4-3-5-13(17)9-12/h3-10,20H,2H2,1H3/b18-10-. The van der Waals surface area contributed by atoms with Crippen LogP contribution in [0.1, 0.15) is 22.8 Å². The average molecular weight is 320 g/mol. The summed E-state index contributed by atoms with van der Waals surface area (Å²) in [4.78, 5) is 12.1. The maximum absolute atomic E-state index is 12.1. The molecule has 1 N–H and O–H groups in total. The minimum absolute atomic E-state index is 0.280. The van der Waals surface area contributed by atoms with E-state index in [-0.39, 0.29) is 5.75 Å². The molecule has 6 heteroatoms. The molecule has 0 saturated carbocycles. The van der Waals surface area contributed by atoms with E-state index in [0.717, 1.165) is 0 Å². The second-order valence-electron chi connectivity index (χ2n) is 4.28. The minimum atomic E-state index is -0.535. The molecule has 0 bridgehead atoms. The molecule has 0 heterocycles. The Balaban J connectivity index is 2.26. The lowest BCUT2D eigenvalue weighted by molar-refractivity contribution is 0.0728. The largest absolute Gasteiger partial charge is 0.490 e. The summed E-state index contributed by atoms with van der Waals surface area (Å²) in [6, 6.07) is 11.3. The van der Waals surface area contributed by atoms with E-state index in [9.17, 15) is 4.79 Å². The van der Waals surface area contributed by atoms with Crippen LogP contribution >= 0.6 is 11.6 Å². The number of hydrogen-bond acceptors (Lipinski definition) is 5. The van der Waals surface area contributed by atoms with E-state index < -0.39 is 5.97 Å². The van der Waals surface area contributed by atoms with Crippen molar-refractivity contribution in [3.8, 4) is 11.5 Å². The number of hydrogen-bond donors (Lipinski definition) is 1. The zero-order valence-corrected chi connectivity index (χ0v) is 12.6. The summed E-state index contributed by atoms with van der Waals surface area (Å²) in [6.07, 6.45) is 1.26. The Morgan fingerprint density at radius 2 is 2.09 bits per heavy atom. The minimum Gasteiger partial charge on any atom is -0.490 e. The Labute approximate surface area is 132 Å². The fourth-order valence-corrected chi connectivity index (χ4v) is 1.99. The third-order valence-corrected chi connectivity index (χ3v) is 2.97. The predicted octanol–water partition coefficient (Wildman–Crippen LogP) is 3.77. The van der Waals surface area contributed by atoms with Crippen LogP contribution in [-0.2, 0) is 0 Å². The lowest BCUT2D eigenvalue weighted by atomic mass is 10.2. The fourth-order valence-electron chi connectivity index (χ4n) is 1.80. The van der Waals surface area contributed by atoms with Crippen LogP contribution in [0.3, 0.4) is 0 Å². The SMILES string of the molecule is CCOc1cc(/C=N\O)ccc1OC(=O)c1cccc(Cl)c1. The molecule has 0 atom stereocenters. The summed E-state index contributed by atoms with van der Waals surface area (Å²) in [6.45, 7) is 2.22. The van der Waals surface area contributed by atoms with Crippen LogP contribution in [0.4, 0.5) is 0 Å². The number of nitrogens with zero attached hydrogens (tertiary/aromatic N) is 1. The van der Waals surface area contributed by atoms with Crippen LogP contribution in [-0.4, -0.2) is 24.0 Å². The molecule has 114 valence electrons. The molecule has 0 aliphatic heterocycles. The zero-order valence-electron chi connectivity index (χ0n) is 11.8. The van der Waals surface area contributed by atoms with Gasteiger partial charge in [-0.3, -0.25) is 0 Å². The number of rotatable bonds is 5. The Kier molecular flexibility index (Phi) is 5.38. The van der Waals surface area contributed by atoms with E-state index >= 15 is 0 Å². The van der Waals surface area contributed by atoms with Gasteiger partial charge >= 0.3 is 5.97 Å². The van der Waals surface area contributed by atoms with E-state index in [0.29, 0.717) is 28.5 Å². The molecule has 0 spiro atoms. The molecule has 0 saturated heterocycles. The van der Waals surface area contributed by atoms with Crippen molar-refractivity contribution in [3.05, 3.63) is 58.6 Å². The first-order valence-corrected chi connectivity index (χ1v) is 6.94. The van der Waals surface area contributed by atoms with E-state index in [1.807, 2.05) is 6.92 Å². The van der Waals surface area contributed by atoms with E-state index in [1.54, 1.807) is 36.4 Å². The first-order valence-electron chi connectivity index (χ1n) is 6.56. The van der Waals surface area contributed by atoms with Crippen molar-refractivity contribution in [2.24, 2.45) is 5.16 Å². The lowest BCUT2D eigenvalue weighted by Gasteiger charge is -2.11. The number of benzene rings is 2. The third-order valence-electron chi connectivity index (χ3n) is 2.74. The Bertz CT molecular complexity index is 700. The molecule has 22 heavy (non-hydrogen) atoms. The summed E-state index contributed by atoms with van der Waals surface area (Å²) in [7, 11) is 0. The van der Waals surface area contributed by atoms with Gasteiger partial charge in [-0.2, -0.15) is 0 Å². The molecule has 0 aromatic heterocycles. The third kappa shape index (κ3) is 3.99. The number of halogens is 1. The van der Waals surface area contributed by atoms with Crippen LogP contribution in [0.15, 0.2) is 47.6 Å². The van der Waals surface area contributed by atoms with Crippen LogP contribution < -0.4 is 9.47 Å². The molecule has 2 aromatic rings. The average Bonchev–Trinajstić information content (AvgIpc) is 2.50. The van der Waals surface area contributed by atoms with Crippen molar-refractivity contribution in [2.75, 3.05) is 6.61 Å². The van der Waals surface area contributed by atoms with E-state index in [4.69, 9.17) is 26.3 Å². The van der Waals surface area contributed by atoms with Gasteiger partial charge in [0, 0.05) is 10.6 Å². The maximum atomic E-state index is 12.1. The van der Waals surface area contributed by atoms with Gasteiger partial charge in [0.25, 0.3) is 0 Å². The highest BCUT2D eigenvalue weighted by Crippen LogP contribution is 2.29. The number of carbonyl (C=O) groups is 1. The van der Waals surface area contributed by atoms with Crippen molar-refractivity contribution in [1.29, 1.82) is 0 Å². The van der Waals surface area contributed by atoms with Crippen molar-refractivity contribution in [1.82, 2.24) is 0 Å². The summed E-state index contributed by atoms with van der Waals surface area (Å²) >= 11 is 5.86. The molecule has 5 nitrogen and oxygen atoms in total. The topological polar surface area (TPSA) is 68.1 Å². The van der Waals surface area contributed by atoms with Gasteiger partial charge in [-0.15, -0.1) is 0 Å². The molecule has 0 aliphatic carbocycles. The number of esters is 1. The first kappa shape index (κ1) is 15.9. The van der Waals surface area contributed by atoms with Gasteiger partial charge in [0.2, 0.25) is 0 Å². The normalized spacial score (nSPS) is 10.6.